The first-order chi connectivity index (χ1) is 7.24. The molecule has 0 aliphatic carbocycles. The number of ether oxygens (including phenoxy) is 1. The van der Waals surface area contributed by atoms with Crippen LogP contribution in [-0.2, 0) is 11.3 Å². The van der Waals surface area contributed by atoms with Gasteiger partial charge in [-0.2, -0.15) is 0 Å². The fourth-order valence-electron chi connectivity index (χ4n) is 1.22. The molecule has 84 valence electrons. The number of pyridine rings is 1. The Morgan fingerprint density at radius 3 is 3.07 bits per heavy atom. The fraction of sp³-hybridized carbons (Fsp3) is 0.545. The third-order valence-electron chi connectivity index (χ3n) is 2.21. The highest BCUT2D eigenvalue weighted by molar-refractivity contribution is 5.06. The summed E-state index contributed by atoms with van der Waals surface area (Å²) in [5.74, 6) is -0.260. The van der Waals surface area contributed by atoms with E-state index in [9.17, 15) is 4.39 Å². The van der Waals surface area contributed by atoms with E-state index in [1.807, 2.05) is 6.92 Å². The molecule has 1 aromatic rings. The standard InChI is InChI=1S/C11H17FN2O/c1-9(5-7-15-2)14-8-11-10(12)4-3-6-13-11/h3-4,6,9,14H,5,7-8H2,1-2H3. The third kappa shape index (κ3) is 4.36. The predicted molar refractivity (Wildman–Crippen MR) is 57.0 cm³/mol. The van der Waals surface area contributed by atoms with Crippen LogP contribution in [0.3, 0.4) is 0 Å². The maximum absolute atomic E-state index is 13.2. The summed E-state index contributed by atoms with van der Waals surface area (Å²) in [6.45, 7) is 3.20. The lowest BCUT2D eigenvalue weighted by molar-refractivity contribution is 0.184. The van der Waals surface area contributed by atoms with Gasteiger partial charge in [0.2, 0.25) is 0 Å². The summed E-state index contributed by atoms with van der Waals surface area (Å²) >= 11 is 0. The Morgan fingerprint density at radius 2 is 2.40 bits per heavy atom. The summed E-state index contributed by atoms with van der Waals surface area (Å²) in [7, 11) is 1.67. The van der Waals surface area contributed by atoms with Crippen molar-refractivity contribution >= 4 is 0 Å². The molecule has 1 atom stereocenters. The van der Waals surface area contributed by atoms with Crippen LogP contribution in [0, 0.1) is 5.82 Å². The summed E-state index contributed by atoms with van der Waals surface area (Å²) < 4.78 is 18.1. The minimum Gasteiger partial charge on any atom is -0.385 e. The third-order valence-corrected chi connectivity index (χ3v) is 2.21. The van der Waals surface area contributed by atoms with Crippen molar-refractivity contribution in [2.24, 2.45) is 0 Å². The van der Waals surface area contributed by atoms with E-state index in [4.69, 9.17) is 4.74 Å². The van der Waals surface area contributed by atoms with Crippen LogP contribution in [0.25, 0.3) is 0 Å². The summed E-state index contributed by atoms with van der Waals surface area (Å²) in [4.78, 5) is 3.96. The molecule has 0 fully saturated rings. The van der Waals surface area contributed by atoms with Gasteiger partial charge in [-0.25, -0.2) is 4.39 Å². The highest BCUT2D eigenvalue weighted by atomic mass is 19.1. The first kappa shape index (κ1) is 12.1. The van der Waals surface area contributed by atoms with Gasteiger partial charge in [0.15, 0.2) is 0 Å². The Hall–Kier alpha value is -1.00. The maximum atomic E-state index is 13.2. The Labute approximate surface area is 89.7 Å². The van der Waals surface area contributed by atoms with Crippen LogP contribution in [-0.4, -0.2) is 24.7 Å². The topological polar surface area (TPSA) is 34.1 Å². The smallest absolute Gasteiger partial charge is 0.146 e. The van der Waals surface area contributed by atoms with Crippen molar-refractivity contribution in [3.05, 3.63) is 29.8 Å². The minimum atomic E-state index is -0.260. The van der Waals surface area contributed by atoms with Crippen molar-refractivity contribution in [1.82, 2.24) is 10.3 Å². The minimum absolute atomic E-state index is 0.260. The second-order valence-corrected chi connectivity index (χ2v) is 3.50. The molecule has 0 aromatic carbocycles. The van der Waals surface area contributed by atoms with Crippen LogP contribution in [0.5, 0.6) is 0 Å². The second-order valence-electron chi connectivity index (χ2n) is 3.50. The lowest BCUT2D eigenvalue weighted by Crippen LogP contribution is -2.27. The molecule has 15 heavy (non-hydrogen) atoms. The number of aromatic nitrogens is 1. The highest BCUT2D eigenvalue weighted by Crippen LogP contribution is 2.02. The van der Waals surface area contributed by atoms with Gasteiger partial charge in [-0.15, -0.1) is 0 Å². The van der Waals surface area contributed by atoms with Gasteiger partial charge in [0, 0.05) is 32.5 Å². The second kappa shape index (κ2) is 6.48. The van der Waals surface area contributed by atoms with E-state index in [1.54, 1.807) is 19.4 Å². The van der Waals surface area contributed by atoms with Crippen LogP contribution in [0.4, 0.5) is 4.39 Å². The number of nitrogens with zero attached hydrogens (tertiary/aromatic N) is 1. The van der Waals surface area contributed by atoms with Gasteiger partial charge < -0.3 is 10.1 Å². The SMILES string of the molecule is COCCC(C)NCc1ncccc1F. The zero-order chi connectivity index (χ0) is 11.1. The number of rotatable bonds is 6. The number of halogens is 1. The summed E-state index contributed by atoms with van der Waals surface area (Å²) in [6, 6.07) is 3.31. The van der Waals surface area contributed by atoms with Crippen molar-refractivity contribution in [3.8, 4) is 0 Å². The average Bonchev–Trinajstić information content (AvgIpc) is 2.25. The zero-order valence-electron chi connectivity index (χ0n) is 9.16. The van der Waals surface area contributed by atoms with Crippen LogP contribution >= 0.6 is 0 Å². The van der Waals surface area contributed by atoms with E-state index in [1.165, 1.54) is 6.07 Å². The number of hydrogen-bond acceptors (Lipinski definition) is 3. The molecule has 0 saturated carbocycles. The molecule has 4 heteroatoms. The monoisotopic (exact) mass is 212 g/mol. The Kier molecular flexibility index (Phi) is 5.21. The largest absolute Gasteiger partial charge is 0.385 e. The highest BCUT2D eigenvalue weighted by Gasteiger charge is 2.05. The van der Waals surface area contributed by atoms with Crippen molar-refractivity contribution in [1.29, 1.82) is 0 Å². The summed E-state index contributed by atoms with van der Waals surface area (Å²) in [6.07, 6.45) is 2.50. The molecule has 3 nitrogen and oxygen atoms in total. The van der Waals surface area contributed by atoms with Crippen LogP contribution in [0.1, 0.15) is 19.0 Å². The summed E-state index contributed by atoms with van der Waals surface area (Å²) in [5, 5.41) is 3.19. The van der Waals surface area contributed by atoms with E-state index in [-0.39, 0.29) is 5.82 Å². The van der Waals surface area contributed by atoms with Crippen molar-refractivity contribution in [3.63, 3.8) is 0 Å². The maximum Gasteiger partial charge on any atom is 0.146 e. The van der Waals surface area contributed by atoms with Crippen LogP contribution in [0.15, 0.2) is 18.3 Å². The van der Waals surface area contributed by atoms with E-state index in [2.05, 4.69) is 10.3 Å². The van der Waals surface area contributed by atoms with Crippen molar-refractivity contribution in [2.75, 3.05) is 13.7 Å². The van der Waals surface area contributed by atoms with Crippen molar-refractivity contribution < 1.29 is 9.13 Å². The van der Waals surface area contributed by atoms with Crippen LogP contribution in [0.2, 0.25) is 0 Å². The lowest BCUT2D eigenvalue weighted by Gasteiger charge is -2.12. The van der Waals surface area contributed by atoms with Crippen LogP contribution < -0.4 is 5.32 Å². The van der Waals surface area contributed by atoms with Gasteiger partial charge in [0.05, 0.1) is 5.69 Å². The first-order valence-corrected chi connectivity index (χ1v) is 5.05. The molecule has 0 aliphatic rings. The zero-order valence-corrected chi connectivity index (χ0v) is 9.16. The number of nitrogens with one attached hydrogen (secondary N) is 1. The molecule has 1 heterocycles. The molecular weight excluding hydrogens is 195 g/mol. The molecule has 1 unspecified atom stereocenters. The molecule has 0 radical (unpaired) electrons. The van der Waals surface area contributed by atoms with Gasteiger partial charge in [-0.3, -0.25) is 4.98 Å². The Bertz CT molecular complexity index is 294. The van der Waals surface area contributed by atoms with E-state index in [0.717, 1.165) is 6.42 Å². The Balaban J connectivity index is 2.33. The molecule has 1 rings (SSSR count). The van der Waals surface area contributed by atoms with Gasteiger partial charge in [0.1, 0.15) is 5.82 Å². The fourth-order valence-corrected chi connectivity index (χ4v) is 1.22. The summed E-state index contributed by atoms with van der Waals surface area (Å²) in [5.41, 5.74) is 0.460. The van der Waals surface area contributed by atoms with E-state index < -0.39 is 0 Å². The average molecular weight is 212 g/mol. The molecule has 0 bridgehead atoms. The molecule has 1 aromatic heterocycles. The Morgan fingerprint density at radius 1 is 1.60 bits per heavy atom. The van der Waals surface area contributed by atoms with Gasteiger partial charge in [0.25, 0.3) is 0 Å². The van der Waals surface area contributed by atoms with Gasteiger partial charge in [-0.1, -0.05) is 0 Å². The van der Waals surface area contributed by atoms with Crippen molar-refractivity contribution in [2.45, 2.75) is 25.9 Å². The first-order valence-electron chi connectivity index (χ1n) is 5.05. The molecule has 1 N–H and O–H groups in total. The molecule has 0 aliphatic heterocycles. The molecule has 0 amide bonds. The normalized spacial score (nSPS) is 12.7. The lowest BCUT2D eigenvalue weighted by atomic mass is 10.2. The van der Waals surface area contributed by atoms with Gasteiger partial charge in [-0.05, 0) is 25.5 Å². The van der Waals surface area contributed by atoms with E-state index >= 15 is 0 Å². The molecular formula is C11H17FN2O. The van der Waals surface area contributed by atoms with E-state index in [0.29, 0.717) is 24.9 Å². The predicted octanol–water partition coefficient (Wildman–Crippen LogP) is 1.74. The van der Waals surface area contributed by atoms with Gasteiger partial charge >= 0.3 is 0 Å². The molecule has 0 spiro atoms. The number of hydrogen-bond donors (Lipinski definition) is 1. The quantitative estimate of drug-likeness (QED) is 0.779. The number of methoxy groups -OCH3 is 1. The molecule has 0 saturated heterocycles.